The smallest absolute Gasteiger partial charge is 0.248 e. The highest BCUT2D eigenvalue weighted by atomic mass is 16.1. The Balaban J connectivity index is 1.93. The van der Waals surface area contributed by atoms with Crippen LogP contribution in [-0.2, 0) is 0 Å². The number of nitrogens with two attached hydrogens (primary N) is 2. The Morgan fingerprint density at radius 3 is 2.48 bits per heavy atom. The van der Waals surface area contributed by atoms with Gasteiger partial charge in [-0.25, -0.2) is 4.68 Å². The number of nitrogen functional groups attached to an aromatic ring is 1. The molecule has 0 atom stereocenters. The van der Waals surface area contributed by atoms with Gasteiger partial charge in [-0.05, 0) is 42.0 Å². The summed E-state index contributed by atoms with van der Waals surface area (Å²) < 4.78 is 1.74. The fourth-order valence-corrected chi connectivity index (χ4v) is 2.11. The van der Waals surface area contributed by atoms with Gasteiger partial charge < -0.3 is 11.5 Å². The van der Waals surface area contributed by atoms with E-state index in [1.165, 1.54) is 0 Å². The number of aromatic nitrogens is 2. The zero-order valence-corrected chi connectivity index (χ0v) is 11.2. The van der Waals surface area contributed by atoms with Crippen LogP contribution in [0.25, 0.3) is 16.8 Å². The Morgan fingerprint density at radius 2 is 1.81 bits per heavy atom. The Hall–Kier alpha value is -3.08. The van der Waals surface area contributed by atoms with Crippen molar-refractivity contribution in [2.45, 2.75) is 0 Å². The average molecular weight is 278 g/mol. The zero-order chi connectivity index (χ0) is 14.8. The quantitative estimate of drug-likeness (QED) is 0.720. The SMILES string of the molecule is NC(=O)c1ccc(-n2cc(-c3cccc(N)c3)cn2)cc1. The van der Waals surface area contributed by atoms with Crippen molar-refractivity contribution in [1.82, 2.24) is 9.78 Å². The minimum absolute atomic E-state index is 0.442. The molecule has 1 amide bonds. The summed E-state index contributed by atoms with van der Waals surface area (Å²) in [5.41, 5.74) is 15.0. The molecule has 0 aliphatic rings. The molecule has 0 bridgehead atoms. The number of amides is 1. The third-order valence-corrected chi connectivity index (χ3v) is 3.22. The molecular formula is C16H14N4O. The molecule has 3 rings (SSSR count). The van der Waals surface area contributed by atoms with Gasteiger partial charge in [0.25, 0.3) is 0 Å². The van der Waals surface area contributed by atoms with E-state index in [-0.39, 0.29) is 0 Å². The van der Waals surface area contributed by atoms with E-state index in [1.807, 2.05) is 30.5 Å². The van der Waals surface area contributed by atoms with E-state index in [9.17, 15) is 4.79 Å². The molecule has 0 spiro atoms. The van der Waals surface area contributed by atoms with Crippen molar-refractivity contribution in [3.8, 4) is 16.8 Å². The van der Waals surface area contributed by atoms with Gasteiger partial charge in [-0.3, -0.25) is 4.79 Å². The lowest BCUT2D eigenvalue weighted by atomic mass is 10.1. The second kappa shape index (κ2) is 5.13. The summed E-state index contributed by atoms with van der Waals surface area (Å²) in [6, 6.07) is 14.6. The first kappa shape index (κ1) is 12.9. The van der Waals surface area contributed by atoms with Crippen LogP contribution >= 0.6 is 0 Å². The second-order valence-electron chi connectivity index (χ2n) is 4.71. The van der Waals surface area contributed by atoms with Gasteiger partial charge in [0, 0.05) is 23.0 Å². The number of hydrogen-bond acceptors (Lipinski definition) is 3. The highest BCUT2D eigenvalue weighted by Crippen LogP contribution is 2.22. The molecular weight excluding hydrogens is 264 g/mol. The van der Waals surface area contributed by atoms with Crippen molar-refractivity contribution in [3.63, 3.8) is 0 Å². The van der Waals surface area contributed by atoms with E-state index in [2.05, 4.69) is 5.10 Å². The zero-order valence-electron chi connectivity index (χ0n) is 11.2. The summed E-state index contributed by atoms with van der Waals surface area (Å²) in [5, 5.41) is 4.33. The van der Waals surface area contributed by atoms with Crippen LogP contribution in [0.5, 0.6) is 0 Å². The molecule has 21 heavy (non-hydrogen) atoms. The monoisotopic (exact) mass is 278 g/mol. The molecule has 0 fully saturated rings. The maximum Gasteiger partial charge on any atom is 0.248 e. The van der Waals surface area contributed by atoms with Crippen molar-refractivity contribution in [3.05, 3.63) is 66.5 Å². The van der Waals surface area contributed by atoms with Gasteiger partial charge in [-0.1, -0.05) is 12.1 Å². The predicted molar refractivity (Wildman–Crippen MR) is 81.9 cm³/mol. The van der Waals surface area contributed by atoms with Gasteiger partial charge >= 0.3 is 0 Å². The molecule has 0 saturated heterocycles. The van der Waals surface area contributed by atoms with Crippen LogP contribution < -0.4 is 11.5 Å². The molecule has 3 aromatic rings. The minimum Gasteiger partial charge on any atom is -0.399 e. The molecule has 4 N–H and O–H groups in total. The summed E-state index contributed by atoms with van der Waals surface area (Å²) in [6.07, 6.45) is 3.69. The van der Waals surface area contributed by atoms with E-state index >= 15 is 0 Å². The standard InChI is InChI=1S/C16H14N4O/c17-14-3-1-2-12(8-14)13-9-19-20(10-13)15-6-4-11(5-7-15)16(18)21/h1-10H,17H2,(H2,18,21). The van der Waals surface area contributed by atoms with E-state index in [4.69, 9.17) is 11.5 Å². The number of rotatable bonds is 3. The van der Waals surface area contributed by atoms with Crippen LogP contribution in [-0.4, -0.2) is 15.7 Å². The fraction of sp³-hybridized carbons (Fsp3) is 0. The number of carbonyl (C=O) groups excluding carboxylic acids is 1. The first-order valence-corrected chi connectivity index (χ1v) is 6.44. The summed E-state index contributed by atoms with van der Waals surface area (Å²) in [5.74, 6) is -0.442. The van der Waals surface area contributed by atoms with Gasteiger partial charge in [0.15, 0.2) is 0 Å². The highest BCUT2D eigenvalue weighted by molar-refractivity contribution is 5.92. The Kier molecular flexibility index (Phi) is 3.16. The van der Waals surface area contributed by atoms with Crippen LogP contribution in [0, 0.1) is 0 Å². The molecule has 0 aliphatic heterocycles. The number of carbonyl (C=O) groups is 1. The molecule has 0 saturated carbocycles. The molecule has 2 aromatic carbocycles. The molecule has 0 aliphatic carbocycles. The van der Waals surface area contributed by atoms with Gasteiger partial charge in [0.2, 0.25) is 5.91 Å². The van der Waals surface area contributed by atoms with Crippen molar-refractivity contribution in [2.24, 2.45) is 5.73 Å². The van der Waals surface area contributed by atoms with Gasteiger partial charge in [0.05, 0.1) is 11.9 Å². The summed E-state index contributed by atoms with van der Waals surface area (Å²) in [6.45, 7) is 0. The summed E-state index contributed by atoms with van der Waals surface area (Å²) >= 11 is 0. The van der Waals surface area contributed by atoms with Crippen LogP contribution in [0.3, 0.4) is 0 Å². The number of benzene rings is 2. The minimum atomic E-state index is -0.442. The van der Waals surface area contributed by atoms with Crippen molar-refractivity contribution in [1.29, 1.82) is 0 Å². The molecule has 5 heteroatoms. The number of hydrogen-bond donors (Lipinski definition) is 2. The number of anilines is 1. The van der Waals surface area contributed by atoms with Crippen LogP contribution in [0.2, 0.25) is 0 Å². The topological polar surface area (TPSA) is 86.9 Å². The normalized spacial score (nSPS) is 10.5. The Morgan fingerprint density at radius 1 is 1.05 bits per heavy atom. The lowest BCUT2D eigenvalue weighted by Crippen LogP contribution is -2.10. The first-order valence-electron chi connectivity index (χ1n) is 6.44. The second-order valence-corrected chi connectivity index (χ2v) is 4.71. The molecule has 104 valence electrons. The van der Waals surface area contributed by atoms with Crippen LogP contribution in [0.15, 0.2) is 60.9 Å². The fourth-order valence-electron chi connectivity index (χ4n) is 2.11. The summed E-state index contributed by atoms with van der Waals surface area (Å²) in [4.78, 5) is 11.1. The number of nitrogens with zero attached hydrogens (tertiary/aromatic N) is 2. The van der Waals surface area contributed by atoms with Gasteiger partial charge in [0.1, 0.15) is 0 Å². The van der Waals surface area contributed by atoms with Crippen molar-refractivity contribution < 1.29 is 4.79 Å². The molecule has 1 aromatic heterocycles. The van der Waals surface area contributed by atoms with Gasteiger partial charge in [-0.15, -0.1) is 0 Å². The van der Waals surface area contributed by atoms with E-state index in [1.54, 1.807) is 35.1 Å². The van der Waals surface area contributed by atoms with Crippen molar-refractivity contribution >= 4 is 11.6 Å². The van der Waals surface area contributed by atoms with Crippen LogP contribution in [0.1, 0.15) is 10.4 Å². The number of primary amides is 1. The molecule has 0 radical (unpaired) electrons. The van der Waals surface area contributed by atoms with Gasteiger partial charge in [-0.2, -0.15) is 5.10 Å². The lowest BCUT2D eigenvalue weighted by Gasteiger charge is -2.02. The largest absolute Gasteiger partial charge is 0.399 e. The van der Waals surface area contributed by atoms with Crippen molar-refractivity contribution in [2.75, 3.05) is 5.73 Å². The maximum absolute atomic E-state index is 11.1. The molecule has 1 heterocycles. The molecule has 0 unspecified atom stereocenters. The Bertz CT molecular complexity index is 790. The summed E-state index contributed by atoms with van der Waals surface area (Å²) in [7, 11) is 0. The third-order valence-electron chi connectivity index (χ3n) is 3.22. The molecule has 5 nitrogen and oxygen atoms in total. The van der Waals surface area contributed by atoms with E-state index in [0.29, 0.717) is 11.3 Å². The Labute approximate surface area is 121 Å². The maximum atomic E-state index is 11.1. The highest BCUT2D eigenvalue weighted by Gasteiger charge is 2.05. The van der Waals surface area contributed by atoms with Crippen LogP contribution in [0.4, 0.5) is 5.69 Å². The third kappa shape index (κ3) is 2.62. The van der Waals surface area contributed by atoms with E-state index in [0.717, 1.165) is 16.8 Å². The average Bonchev–Trinajstić information content (AvgIpc) is 2.97. The first-order chi connectivity index (χ1) is 10.1. The van der Waals surface area contributed by atoms with E-state index < -0.39 is 5.91 Å². The predicted octanol–water partition coefficient (Wildman–Crippen LogP) is 2.22. The lowest BCUT2D eigenvalue weighted by molar-refractivity contribution is 0.100.